The first-order chi connectivity index (χ1) is 10.1. The molecule has 0 amide bonds. The smallest absolute Gasteiger partial charge is 0.347 e. The van der Waals surface area contributed by atoms with Gasteiger partial charge in [-0.1, -0.05) is 19.9 Å². The first kappa shape index (κ1) is 15.6. The second-order valence-electron chi connectivity index (χ2n) is 5.31. The van der Waals surface area contributed by atoms with Crippen LogP contribution in [0.4, 0.5) is 0 Å². The Kier molecular flexibility index (Phi) is 5.44. The number of carbonyl (C=O) groups is 1. The van der Waals surface area contributed by atoms with Gasteiger partial charge < -0.3 is 19.5 Å². The summed E-state index contributed by atoms with van der Waals surface area (Å²) in [6, 6.07) is 6.21. The lowest BCUT2D eigenvalue weighted by atomic mass is 10.2. The molecule has 116 valence electrons. The van der Waals surface area contributed by atoms with E-state index < -0.39 is 6.10 Å². The molecule has 0 aromatic heterocycles. The molecule has 5 heteroatoms. The Labute approximate surface area is 125 Å². The van der Waals surface area contributed by atoms with Crippen LogP contribution in [0.25, 0.3) is 0 Å². The van der Waals surface area contributed by atoms with Crippen molar-refractivity contribution in [1.82, 2.24) is 5.32 Å². The summed E-state index contributed by atoms with van der Waals surface area (Å²) in [6.07, 6.45) is 0.0602. The molecule has 0 saturated carbocycles. The van der Waals surface area contributed by atoms with Gasteiger partial charge in [-0.25, -0.2) is 4.79 Å². The molecule has 1 aliphatic rings. The number of rotatable bonds is 7. The highest BCUT2D eigenvalue weighted by Crippen LogP contribution is 2.30. The van der Waals surface area contributed by atoms with Crippen LogP contribution < -0.4 is 14.8 Å². The van der Waals surface area contributed by atoms with E-state index in [-0.39, 0.29) is 5.97 Å². The number of cyclic esters (lactones) is 1. The zero-order valence-electron chi connectivity index (χ0n) is 12.8. The van der Waals surface area contributed by atoms with E-state index in [1.54, 1.807) is 0 Å². The number of benzene rings is 1. The van der Waals surface area contributed by atoms with Crippen LogP contribution >= 0.6 is 0 Å². The van der Waals surface area contributed by atoms with Crippen LogP contribution in [0.1, 0.15) is 32.8 Å². The Morgan fingerprint density at radius 3 is 2.81 bits per heavy atom. The number of nitrogens with one attached hydrogen (secondary N) is 1. The average Bonchev–Trinajstić information content (AvgIpc) is 2.85. The largest absolute Gasteiger partial charge is 0.490 e. The molecule has 21 heavy (non-hydrogen) atoms. The highest BCUT2D eigenvalue weighted by atomic mass is 16.6. The van der Waals surface area contributed by atoms with E-state index in [0.717, 1.165) is 12.1 Å². The first-order valence-electron chi connectivity index (χ1n) is 7.42. The van der Waals surface area contributed by atoms with E-state index in [1.165, 1.54) is 0 Å². The van der Waals surface area contributed by atoms with E-state index in [9.17, 15) is 4.79 Å². The van der Waals surface area contributed by atoms with E-state index in [0.29, 0.717) is 37.2 Å². The lowest BCUT2D eigenvalue weighted by Crippen LogP contribution is -2.23. The normalized spacial score (nSPS) is 17.9. The summed E-state index contributed by atoms with van der Waals surface area (Å²) in [5.74, 6) is 0.956. The molecule has 1 saturated heterocycles. The third-order valence-corrected chi connectivity index (χ3v) is 3.18. The molecule has 0 radical (unpaired) electrons. The molecule has 1 unspecified atom stereocenters. The van der Waals surface area contributed by atoms with Crippen LogP contribution in [0.3, 0.4) is 0 Å². The van der Waals surface area contributed by atoms with E-state index in [1.807, 2.05) is 25.1 Å². The Morgan fingerprint density at radius 1 is 1.38 bits per heavy atom. The number of ether oxygens (including phenoxy) is 3. The highest BCUT2D eigenvalue weighted by molar-refractivity contribution is 5.77. The van der Waals surface area contributed by atoms with Crippen molar-refractivity contribution in [1.29, 1.82) is 0 Å². The standard InChI is InChI=1S/C16H23NO4/c1-4-19-15-9-12(10-17-11(2)3)5-6-13(15)21-14-7-8-20-16(14)18/h5-6,9,11,14,17H,4,7-8,10H2,1-3H3. The topological polar surface area (TPSA) is 56.8 Å². The number of hydrogen-bond donors (Lipinski definition) is 1. The van der Waals surface area contributed by atoms with Gasteiger partial charge in [0.1, 0.15) is 0 Å². The molecule has 0 bridgehead atoms. The lowest BCUT2D eigenvalue weighted by molar-refractivity contribution is -0.143. The van der Waals surface area contributed by atoms with Gasteiger partial charge in [0, 0.05) is 19.0 Å². The summed E-state index contributed by atoms with van der Waals surface area (Å²) in [4.78, 5) is 11.5. The molecular weight excluding hydrogens is 270 g/mol. The molecular formula is C16H23NO4. The van der Waals surface area contributed by atoms with Gasteiger partial charge in [-0.3, -0.25) is 0 Å². The molecule has 0 spiro atoms. The van der Waals surface area contributed by atoms with Gasteiger partial charge in [-0.2, -0.15) is 0 Å². The second-order valence-corrected chi connectivity index (χ2v) is 5.31. The second kappa shape index (κ2) is 7.31. The molecule has 0 aliphatic carbocycles. The van der Waals surface area contributed by atoms with Crippen LogP contribution in [-0.4, -0.2) is 31.3 Å². The van der Waals surface area contributed by atoms with Gasteiger partial charge in [-0.05, 0) is 24.6 Å². The molecule has 1 aliphatic heterocycles. The fraction of sp³-hybridized carbons (Fsp3) is 0.562. The zero-order valence-corrected chi connectivity index (χ0v) is 12.8. The van der Waals surface area contributed by atoms with Crippen molar-refractivity contribution in [3.05, 3.63) is 23.8 Å². The molecule has 5 nitrogen and oxygen atoms in total. The van der Waals surface area contributed by atoms with Crippen LogP contribution in [0.15, 0.2) is 18.2 Å². The summed E-state index contributed by atoms with van der Waals surface area (Å²) < 4.78 is 16.3. The number of carbonyl (C=O) groups excluding carboxylic acids is 1. The van der Waals surface area contributed by atoms with Gasteiger partial charge in [0.25, 0.3) is 0 Å². The van der Waals surface area contributed by atoms with E-state index >= 15 is 0 Å². The minimum absolute atomic E-state index is 0.303. The van der Waals surface area contributed by atoms with Gasteiger partial charge in [0.15, 0.2) is 17.6 Å². The van der Waals surface area contributed by atoms with Crippen molar-refractivity contribution < 1.29 is 19.0 Å². The lowest BCUT2D eigenvalue weighted by Gasteiger charge is -2.16. The molecule has 1 atom stereocenters. The third kappa shape index (κ3) is 4.36. The number of esters is 1. The Bertz CT molecular complexity index is 487. The zero-order chi connectivity index (χ0) is 15.2. The average molecular weight is 293 g/mol. The Hall–Kier alpha value is -1.75. The SMILES string of the molecule is CCOc1cc(CNC(C)C)ccc1OC1CCOC1=O. The quantitative estimate of drug-likeness (QED) is 0.782. The van der Waals surface area contributed by atoms with Crippen molar-refractivity contribution in [2.24, 2.45) is 0 Å². The fourth-order valence-electron chi connectivity index (χ4n) is 2.09. The minimum Gasteiger partial charge on any atom is -0.490 e. The van der Waals surface area contributed by atoms with Crippen LogP contribution in [0, 0.1) is 0 Å². The summed E-state index contributed by atoms with van der Waals surface area (Å²) in [5.41, 5.74) is 1.12. The maximum Gasteiger partial charge on any atom is 0.347 e. The van der Waals surface area contributed by atoms with Crippen molar-refractivity contribution >= 4 is 5.97 Å². The molecule has 1 fully saturated rings. The highest BCUT2D eigenvalue weighted by Gasteiger charge is 2.29. The third-order valence-electron chi connectivity index (χ3n) is 3.18. The molecule has 1 aromatic carbocycles. The fourth-order valence-corrected chi connectivity index (χ4v) is 2.09. The van der Waals surface area contributed by atoms with Gasteiger partial charge in [0.2, 0.25) is 0 Å². The molecule has 1 aromatic rings. The summed E-state index contributed by atoms with van der Waals surface area (Å²) in [6.45, 7) is 7.87. The van der Waals surface area contributed by atoms with Crippen LogP contribution in [0.5, 0.6) is 11.5 Å². The summed E-state index contributed by atoms with van der Waals surface area (Å²) in [7, 11) is 0. The Morgan fingerprint density at radius 2 is 2.19 bits per heavy atom. The van der Waals surface area contributed by atoms with Crippen molar-refractivity contribution in [2.45, 2.75) is 45.9 Å². The molecule has 1 N–H and O–H groups in total. The summed E-state index contributed by atoms with van der Waals surface area (Å²) in [5, 5.41) is 3.36. The minimum atomic E-state index is -0.524. The van der Waals surface area contributed by atoms with E-state index in [4.69, 9.17) is 14.2 Å². The summed E-state index contributed by atoms with van der Waals surface area (Å²) >= 11 is 0. The first-order valence-corrected chi connectivity index (χ1v) is 7.42. The van der Waals surface area contributed by atoms with Gasteiger partial charge >= 0.3 is 5.97 Å². The molecule has 1 heterocycles. The predicted molar refractivity (Wildman–Crippen MR) is 79.6 cm³/mol. The van der Waals surface area contributed by atoms with Gasteiger partial charge in [0.05, 0.1) is 13.2 Å². The predicted octanol–water partition coefficient (Wildman–Crippen LogP) is 2.28. The maximum atomic E-state index is 11.5. The van der Waals surface area contributed by atoms with Crippen molar-refractivity contribution in [3.8, 4) is 11.5 Å². The Balaban J connectivity index is 2.10. The monoisotopic (exact) mass is 293 g/mol. The molecule has 2 rings (SSSR count). The van der Waals surface area contributed by atoms with Crippen molar-refractivity contribution in [3.63, 3.8) is 0 Å². The van der Waals surface area contributed by atoms with Crippen molar-refractivity contribution in [2.75, 3.05) is 13.2 Å². The van der Waals surface area contributed by atoms with E-state index in [2.05, 4.69) is 19.2 Å². The number of hydrogen-bond acceptors (Lipinski definition) is 5. The van der Waals surface area contributed by atoms with Crippen LogP contribution in [-0.2, 0) is 16.1 Å². The van der Waals surface area contributed by atoms with Gasteiger partial charge in [-0.15, -0.1) is 0 Å². The maximum absolute atomic E-state index is 11.5. The van der Waals surface area contributed by atoms with Crippen LogP contribution in [0.2, 0.25) is 0 Å².